The number of amides is 1. The monoisotopic (exact) mass is 403 g/mol. The summed E-state index contributed by atoms with van der Waals surface area (Å²) in [6.07, 6.45) is 14.0. The molecule has 1 saturated heterocycles. The summed E-state index contributed by atoms with van der Waals surface area (Å²) < 4.78 is 2.30. The smallest absolute Gasteiger partial charge is 0.228 e. The molecule has 2 heterocycles. The highest BCUT2D eigenvalue weighted by atomic mass is 16.2. The summed E-state index contributed by atoms with van der Waals surface area (Å²) in [5.41, 5.74) is 1.20. The maximum Gasteiger partial charge on any atom is 0.228 e. The van der Waals surface area contributed by atoms with Gasteiger partial charge in [-0.25, -0.2) is 4.98 Å². The van der Waals surface area contributed by atoms with Crippen LogP contribution in [0.5, 0.6) is 0 Å². The molecule has 158 valence electrons. The van der Waals surface area contributed by atoms with E-state index in [0.29, 0.717) is 11.8 Å². The van der Waals surface area contributed by atoms with Crippen LogP contribution >= 0.6 is 0 Å². The van der Waals surface area contributed by atoms with Crippen LogP contribution in [0.15, 0.2) is 42.7 Å². The van der Waals surface area contributed by atoms with Crippen LogP contribution < -0.4 is 0 Å². The number of hydrogen-bond donors (Lipinski definition) is 0. The molecule has 4 nitrogen and oxygen atoms in total. The molecule has 0 unspecified atom stereocenters. The van der Waals surface area contributed by atoms with E-state index in [2.05, 4.69) is 44.9 Å². The molecule has 0 N–H and O–H groups in total. The molecule has 1 aliphatic heterocycles. The Morgan fingerprint density at radius 2 is 1.60 bits per heavy atom. The molecule has 5 aliphatic rings. The zero-order valence-corrected chi connectivity index (χ0v) is 17.9. The van der Waals surface area contributed by atoms with Gasteiger partial charge in [0.05, 0.1) is 5.41 Å². The maximum atomic E-state index is 13.6. The number of nitrogens with zero attached hydrogens (tertiary/aromatic N) is 3. The molecule has 30 heavy (non-hydrogen) atoms. The predicted octanol–water partition coefficient (Wildman–Crippen LogP) is 5.01. The first-order valence-electron chi connectivity index (χ1n) is 12.0. The SMILES string of the molecule is O=C(N1CCC(Cn2ccnc2-c2ccccc2)CC1)C12CC3CC(CC(C3)C1)C2. The van der Waals surface area contributed by atoms with Crippen LogP contribution in [0.3, 0.4) is 0 Å². The number of rotatable bonds is 4. The van der Waals surface area contributed by atoms with Crippen molar-refractivity contribution in [2.24, 2.45) is 29.1 Å². The van der Waals surface area contributed by atoms with Crippen molar-refractivity contribution in [2.75, 3.05) is 13.1 Å². The fourth-order valence-corrected chi connectivity index (χ4v) is 7.61. The Balaban J connectivity index is 1.10. The Kier molecular flexibility index (Phi) is 4.51. The molecule has 2 aromatic rings. The highest BCUT2D eigenvalue weighted by Gasteiger charge is 2.55. The fraction of sp³-hybridized carbons (Fsp3) is 0.615. The van der Waals surface area contributed by atoms with Gasteiger partial charge in [-0.1, -0.05) is 30.3 Å². The van der Waals surface area contributed by atoms with Crippen LogP contribution in [0.2, 0.25) is 0 Å². The minimum absolute atomic E-state index is 0.0203. The number of aromatic nitrogens is 2. The number of carbonyl (C=O) groups is 1. The summed E-state index contributed by atoms with van der Waals surface area (Å²) in [6.45, 7) is 2.89. The van der Waals surface area contributed by atoms with Gasteiger partial charge in [0.2, 0.25) is 5.91 Å². The van der Waals surface area contributed by atoms with Gasteiger partial charge in [-0.3, -0.25) is 4.79 Å². The quantitative estimate of drug-likeness (QED) is 0.720. The molecule has 4 aliphatic carbocycles. The van der Waals surface area contributed by atoms with Crippen LogP contribution in [0.25, 0.3) is 11.4 Å². The zero-order chi connectivity index (χ0) is 20.1. The van der Waals surface area contributed by atoms with Gasteiger partial charge >= 0.3 is 0 Å². The highest BCUT2D eigenvalue weighted by Crippen LogP contribution is 2.60. The normalized spacial score (nSPS) is 33.2. The molecule has 1 aromatic carbocycles. The molecule has 0 atom stereocenters. The Labute approximate surface area is 179 Å². The molecular weight excluding hydrogens is 370 g/mol. The number of piperidine rings is 1. The minimum Gasteiger partial charge on any atom is -0.342 e. The average Bonchev–Trinajstić information content (AvgIpc) is 3.22. The van der Waals surface area contributed by atoms with Gasteiger partial charge in [0.15, 0.2) is 0 Å². The van der Waals surface area contributed by atoms with Gasteiger partial charge < -0.3 is 9.47 Å². The Bertz CT molecular complexity index is 874. The molecule has 1 amide bonds. The van der Waals surface area contributed by atoms with E-state index in [1.807, 2.05) is 12.3 Å². The molecule has 4 saturated carbocycles. The summed E-state index contributed by atoms with van der Waals surface area (Å²) in [6, 6.07) is 10.5. The van der Waals surface area contributed by atoms with Crippen molar-refractivity contribution >= 4 is 5.91 Å². The van der Waals surface area contributed by atoms with Gasteiger partial charge in [0, 0.05) is 37.6 Å². The molecule has 4 heteroatoms. The second-order valence-electron chi connectivity index (χ2n) is 10.7. The Hall–Kier alpha value is -2.10. The van der Waals surface area contributed by atoms with Crippen molar-refractivity contribution in [3.8, 4) is 11.4 Å². The minimum atomic E-state index is 0.0203. The van der Waals surface area contributed by atoms with Crippen LogP contribution in [-0.2, 0) is 11.3 Å². The Morgan fingerprint density at radius 3 is 2.23 bits per heavy atom. The lowest BCUT2D eigenvalue weighted by atomic mass is 9.49. The molecule has 0 spiro atoms. The maximum absolute atomic E-state index is 13.6. The zero-order valence-electron chi connectivity index (χ0n) is 17.9. The number of benzene rings is 1. The molecule has 7 rings (SSSR count). The van der Waals surface area contributed by atoms with E-state index in [1.165, 1.54) is 44.1 Å². The van der Waals surface area contributed by atoms with E-state index in [4.69, 9.17) is 0 Å². The van der Waals surface area contributed by atoms with E-state index in [9.17, 15) is 4.79 Å². The van der Waals surface area contributed by atoms with E-state index in [0.717, 1.165) is 56.1 Å². The molecule has 1 aromatic heterocycles. The molecule has 0 radical (unpaired) electrons. The number of likely N-dealkylation sites (tertiary alicyclic amines) is 1. The van der Waals surface area contributed by atoms with Gasteiger partial charge in [-0.15, -0.1) is 0 Å². The third kappa shape index (κ3) is 3.19. The third-order valence-corrected chi connectivity index (χ3v) is 8.60. The number of imidazole rings is 1. The number of carbonyl (C=O) groups excluding carboxylic acids is 1. The molecule has 4 bridgehead atoms. The lowest BCUT2D eigenvalue weighted by Gasteiger charge is -2.57. The lowest BCUT2D eigenvalue weighted by Crippen LogP contribution is -2.55. The first-order valence-corrected chi connectivity index (χ1v) is 12.0. The standard InChI is InChI=1S/C26H33N3O/c30-25(26-15-20-12-21(16-26)14-22(13-20)17-26)28-9-6-19(7-10-28)18-29-11-8-27-24(29)23-4-2-1-3-5-23/h1-5,8,11,19-22H,6-7,9-10,12-18H2. The summed E-state index contributed by atoms with van der Waals surface area (Å²) in [5, 5.41) is 0. The van der Waals surface area contributed by atoms with Gasteiger partial charge in [-0.05, 0) is 75.0 Å². The molecule has 5 fully saturated rings. The first kappa shape index (κ1) is 18.7. The Morgan fingerprint density at radius 1 is 0.967 bits per heavy atom. The summed E-state index contributed by atoms with van der Waals surface area (Å²) in [4.78, 5) is 20.5. The summed E-state index contributed by atoms with van der Waals surface area (Å²) in [5.74, 6) is 4.73. The van der Waals surface area contributed by atoms with Gasteiger partial charge in [-0.2, -0.15) is 0 Å². The lowest BCUT2D eigenvalue weighted by molar-refractivity contribution is -0.159. The van der Waals surface area contributed by atoms with Crippen molar-refractivity contribution in [3.63, 3.8) is 0 Å². The van der Waals surface area contributed by atoms with Crippen molar-refractivity contribution in [3.05, 3.63) is 42.7 Å². The van der Waals surface area contributed by atoms with Crippen molar-refractivity contribution < 1.29 is 4.79 Å². The van der Waals surface area contributed by atoms with E-state index in [-0.39, 0.29) is 5.41 Å². The highest BCUT2D eigenvalue weighted by molar-refractivity contribution is 5.83. The topological polar surface area (TPSA) is 38.1 Å². The van der Waals surface area contributed by atoms with Crippen molar-refractivity contribution in [1.29, 1.82) is 0 Å². The second kappa shape index (κ2) is 7.25. The first-order chi connectivity index (χ1) is 14.7. The summed E-state index contributed by atoms with van der Waals surface area (Å²) >= 11 is 0. The average molecular weight is 404 g/mol. The van der Waals surface area contributed by atoms with Crippen LogP contribution in [0.1, 0.15) is 51.4 Å². The van der Waals surface area contributed by atoms with Crippen molar-refractivity contribution in [1.82, 2.24) is 14.5 Å². The second-order valence-corrected chi connectivity index (χ2v) is 10.7. The molecular formula is C26H33N3O. The van der Waals surface area contributed by atoms with Gasteiger partial charge in [0.25, 0.3) is 0 Å². The van der Waals surface area contributed by atoms with Crippen LogP contribution in [0.4, 0.5) is 0 Å². The number of hydrogen-bond acceptors (Lipinski definition) is 2. The van der Waals surface area contributed by atoms with Gasteiger partial charge in [0.1, 0.15) is 5.82 Å². The van der Waals surface area contributed by atoms with E-state index < -0.39 is 0 Å². The largest absolute Gasteiger partial charge is 0.342 e. The summed E-state index contributed by atoms with van der Waals surface area (Å²) in [7, 11) is 0. The third-order valence-electron chi connectivity index (χ3n) is 8.60. The fourth-order valence-electron chi connectivity index (χ4n) is 7.61. The van der Waals surface area contributed by atoms with Crippen molar-refractivity contribution in [2.45, 2.75) is 57.9 Å². The van der Waals surface area contributed by atoms with Crippen LogP contribution in [0, 0.1) is 29.1 Å². The predicted molar refractivity (Wildman–Crippen MR) is 118 cm³/mol. The van der Waals surface area contributed by atoms with E-state index in [1.54, 1.807) is 0 Å². The van der Waals surface area contributed by atoms with E-state index >= 15 is 0 Å². The van der Waals surface area contributed by atoms with Crippen LogP contribution in [-0.4, -0.2) is 33.4 Å².